The molecule has 2 heterocycles. The highest BCUT2D eigenvalue weighted by atomic mass is 16.2. The fraction of sp³-hybridized carbons (Fsp3) is 0.857. The van der Waals surface area contributed by atoms with Gasteiger partial charge < -0.3 is 15.1 Å². The van der Waals surface area contributed by atoms with E-state index in [9.17, 15) is 9.59 Å². The van der Waals surface area contributed by atoms with Gasteiger partial charge in [-0.05, 0) is 48.0 Å². The summed E-state index contributed by atoms with van der Waals surface area (Å²) in [6.45, 7) is 12.7. The second kappa shape index (κ2) is 4.12. The highest BCUT2D eigenvalue weighted by Gasteiger charge is 2.52. The van der Waals surface area contributed by atoms with Crippen LogP contribution in [0.25, 0.3) is 0 Å². The summed E-state index contributed by atoms with van der Waals surface area (Å²) in [5, 5.41) is 2.95. The maximum atomic E-state index is 12.7. The number of nitrogens with one attached hydrogen (secondary N) is 1. The van der Waals surface area contributed by atoms with Crippen molar-refractivity contribution in [3.05, 3.63) is 0 Å². The summed E-state index contributed by atoms with van der Waals surface area (Å²) in [5.41, 5.74) is -0.544. The van der Waals surface area contributed by atoms with Crippen LogP contribution in [0, 0.1) is 0 Å². The Morgan fingerprint density at radius 1 is 1.05 bits per heavy atom. The number of carbonyl (C=O) groups is 2. The average molecular weight is 267 g/mol. The molecule has 0 aliphatic carbocycles. The molecule has 0 aromatic rings. The SMILES string of the molecule is CC(C)(C)N1CCC2NC(=O)N(C(C)(C)C)C2C1=O. The number of hydrogen-bond donors (Lipinski definition) is 1. The summed E-state index contributed by atoms with van der Waals surface area (Å²) in [7, 11) is 0. The molecule has 0 bridgehead atoms. The van der Waals surface area contributed by atoms with Crippen LogP contribution in [-0.2, 0) is 4.79 Å². The molecule has 0 spiro atoms. The minimum Gasteiger partial charge on any atom is -0.336 e. The van der Waals surface area contributed by atoms with Gasteiger partial charge in [0.05, 0.1) is 6.04 Å². The second-order valence-electron chi connectivity index (χ2n) is 7.49. The fourth-order valence-corrected chi connectivity index (χ4v) is 3.05. The van der Waals surface area contributed by atoms with Gasteiger partial charge in [0.25, 0.3) is 0 Å². The third-order valence-corrected chi connectivity index (χ3v) is 3.90. The van der Waals surface area contributed by atoms with Gasteiger partial charge >= 0.3 is 6.03 Å². The first-order chi connectivity index (χ1) is 8.53. The van der Waals surface area contributed by atoms with Crippen molar-refractivity contribution in [2.75, 3.05) is 6.54 Å². The number of urea groups is 1. The van der Waals surface area contributed by atoms with Crippen molar-refractivity contribution in [1.29, 1.82) is 0 Å². The first kappa shape index (κ1) is 14.2. The first-order valence-electron chi connectivity index (χ1n) is 6.95. The quantitative estimate of drug-likeness (QED) is 0.724. The summed E-state index contributed by atoms with van der Waals surface area (Å²) in [6.07, 6.45) is 0.825. The average Bonchev–Trinajstić information content (AvgIpc) is 2.52. The van der Waals surface area contributed by atoms with Gasteiger partial charge in [-0.25, -0.2) is 4.79 Å². The van der Waals surface area contributed by atoms with Gasteiger partial charge in [0.15, 0.2) is 0 Å². The molecule has 2 fully saturated rings. The lowest BCUT2D eigenvalue weighted by molar-refractivity contribution is -0.145. The predicted molar refractivity (Wildman–Crippen MR) is 73.8 cm³/mol. The number of nitrogens with zero attached hydrogens (tertiary/aromatic N) is 2. The molecule has 0 aromatic heterocycles. The van der Waals surface area contributed by atoms with E-state index in [0.29, 0.717) is 6.54 Å². The summed E-state index contributed by atoms with van der Waals surface area (Å²) in [4.78, 5) is 28.5. The number of rotatable bonds is 0. The highest BCUT2D eigenvalue weighted by molar-refractivity contribution is 5.93. The lowest BCUT2D eigenvalue weighted by Crippen LogP contribution is -2.63. The van der Waals surface area contributed by atoms with Crippen molar-refractivity contribution < 1.29 is 9.59 Å². The van der Waals surface area contributed by atoms with Crippen molar-refractivity contribution in [3.8, 4) is 0 Å². The molecule has 2 unspecified atom stereocenters. The Labute approximate surface area is 115 Å². The minimum atomic E-state index is -0.361. The van der Waals surface area contributed by atoms with E-state index in [1.807, 2.05) is 46.4 Å². The Balaban J connectivity index is 2.33. The van der Waals surface area contributed by atoms with Crippen LogP contribution in [0.2, 0.25) is 0 Å². The van der Waals surface area contributed by atoms with E-state index in [4.69, 9.17) is 0 Å². The Morgan fingerprint density at radius 3 is 2.11 bits per heavy atom. The Morgan fingerprint density at radius 2 is 1.63 bits per heavy atom. The largest absolute Gasteiger partial charge is 0.336 e. The molecule has 2 aliphatic rings. The van der Waals surface area contributed by atoms with Gasteiger partial charge in [0.2, 0.25) is 5.91 Å². The van der Waals surface area contributed by atoms with Crippen molar-refractivity contribution in [1.82, 2.24) is 15.1 Å². The van der Waals surface area contributed by atoms with Crippen LogP contribution in [0.4, 0.5) is 4.79 Å². The van der Waals surface area contributed by atoms with E-state index in [1.165, 1.54) is 0 Å². The minimum absolute atomic E-state index is 0.0437. The molecule has 5 nitrogen and oxygen atoms in total. The van der Waals surface area contributed by atoms with E-state index in [0.717, 1.165) is 6.42 Å². The van der Waals surface area contributed by atoms with Crippen LogP contribution in [-0.4, -0.2) is 51.4 Å². The molecule has 3 amide bonds. The Bertz CT molecular complexity index is 406. The van der Waals surface area contributed by atoms with Crippen molar-refractivity contribution >= 4 is 11.9 Å². The molecule has 1 N–H and O–H groups in total. The molecular formula is C14H25N3O2. The normalized spacial score (nSPS) is 28.5. The smallest absolute Gasteiger partial charge is 0.318 e. The number of hydrogen-bond acceptors (Lipinski definition) is 2. The number of piperidine rings is 1. The number of likely N-dealkylation sites (tertiary alicyclic amines) is 1. The highest BCUT2D eigenvalue weighted by Crippen LogP contribution is 2.32. The van der Waals surface area contributed by atoms with E-state index >= 15 is 0 Å². The molecule has 0 aromatic carbocycles. The summed E-state index contributed by atoms with van der Waals surface area (Å²) in [5.74, 6) is 0.0667. The van der Waals surface area contributed by atoms with Crippen LogP contribution >= 0.6 is 0 Å². The van der Waals surface area contributed by atoms with Gasteiger partial charge in [-0.2, -0.15) is 0 Å². The monoisotopic (exact) mass is 267 g/mol. The van der Waals surface area contributed by atoms with Gasteiger partial charge in [0.1, 0.15) is 6.04 Å². The van der Waals surface area contributed by atoms with Gasteiger partial charge in [0, 0.05) is 17.6 Å². The number of fused-ring (bicyclic) bond motifs is 1. The lowest BCUT2D eigenvalue weighted by Gasteiger charge is -2.45. The molecule has 19 heavy (non-hydrogen) atoms. The third kappa shape index (κ3) is 2.30. The molecule has 108 valence electrons. The summed E-state index contributed by atoms with van der Waals surface area (Å²) >= 11 is 0. The van der Waals surface area contributed by atoms with Crippen molar-refractivity contribution in [2.24, 2.45) is 0 Å². The molecule has 0 saturated carbocycles. The number of carbonyl (C=O) groups excluding carboxylic acids is 2. The Kier molecular flexibility index (Phi) is 3.07. The molecule has 2 rings (SSSR count). The standard InChI is InChI=1S/C14H25N3O2/c1-13(2,3)16-8-7-9-10(11(16)18)17(12(19)15-9)14(4,5)6/h9-10H,7-8H2,1-6H3,(H,15,19). The van der Waals surface area contributed by atoms with Crippen LogP contribution < -0.4 is 5.32 Å². The maximum Gasteiger partial charge on any atom is 0.318 e. The third-order valence-electron chi connectivity index (χ3n) is 3.90. The van der Waals surface area contributed by atoms with E-state index < -0.39 is 0 Å². The zero-order valence-electron chi connectivity index (χ0n) is 12.8. The lowest BCUT2D eigenvalue weighted by atomic mass is 9.92. The van der Waals surface area contributed by atoms with E-state index in [2.05, 4.69) is 5.32 Å². The van der Waals surface area contributed by atoms with Crippen LogP contribution in [0.5, 0.6) is 0 Å². The van der Waals surface area contributed by atoms with Crippen LogP contribution in [0.3, 0.4) is 0 Å². The topological polar surface area (TPSA) is 52.7 Å². The molecule has 0 radical (unpaired) electrons. The van der Waals surface area contributed by atoms with Gasteiger partial charge in [-0.3, -0.25) is 4.79 Å². The van der Waals surface area contributed by atoms with Crippen molar-refractivity contribution in [2.45, 2.75) is 71.1 Å². The second-order valence-corrected chi connectivity index (χ2v) is 7.49. The van der Waals surface area contributed by atoms with Crippen molar-refractivity contribution in [3.63, 3.8) is 0 Å². The van der Waals surface area contributed by atoms with E-state index in [-0.39, 0.29) is 35.1 Å². The zero-order valence-corrected chi connectivity index (χ0v) is 12.8. The van der Waals surface area contributed by atoms with Crippen LogP contribution in [0.1, 0.15) is 48.0 Å². The first-order valence-corrected chi connectivity index (χ1v) is 6.95. The molecule has 2 atom stereocenters. The number of amides is 3. The van der Waals surface area contributed by atoms with Gasteiger partial charge in [-0.1, -0.05) is 0 Å². The summed E-state index contributed by atoms with van der Waals surface area (Å²) < 4.78 is 0. The Hall–Kier alpha value is -1.26. The maximum absolute atomic E-state index is 12.7. The fourth-order valence-electron chi connectivity index (χ4n) is 3.05. The predicted octanol–water partition coefficient (Wildman–Crippen LogP) is 1.58. The van der Waals surface area contributed by atoms with Crippen LogP contribution in [0.15, 0.2) is 0 Å². The van der Waals surface area contributed by atoms with Gasteiger partial charge in [-0.15, -0.1) is 0 Å². The summed E-state index contributed by atoms with van der Waals surface area (Å²) in [6, 6.07) is -0.523. The zero-order chi connectivity index (χ0) is 14.6. The molecular weight excluding hydrogens is 242 g/mol. The molecule has 2 aliphatic heterocycles. The molecule has 5 heteroatoms. The molecule has 2 saturated heterocycles. The van der Waals surface area contributed by atoms with E-state index in [1.54, 1.807) is 4.90 Å².